The van der Waals surface area contributed by atoms with E-state index in [1.807, 2.05) is 42.5 Å². The molecule has 0 saturated carbocycles. The summed E-state index contributed by atoms with van der Waals surface area (Å²) in [5.41, 5.74) is 2.97. The van der Waals surface area contributed by atoms with Crippen LogP contribution in [0, 0.1) is 5.82 Å². The highest BCUT2D eigenvalue weighted by atomic mass is 19.1. The Morgan fingerprint density at radius 1 is 0.909 bits per heavy atom. The van der Waals surface area contributed by atoms with Crippen molar-refractivity contribution in [2.24, 2.45) is 4.99 Å². The average molecular weight is 447 g/mol. The molecule has 0 radical (unpaired) electrons. The topological polar surface area (TPSA) is 68.2 Å². The fourth-order valence-corrected chi connectivity index (χ4v) is 3.84. The lowest BCUT2D eigenvalue weighted by atomic mass is 10.2. The molecule has 33 heavy (non-hydrogen) atoms. The van der Waals surface area contributed by atoms with Crippen LogP contribution in [0.5, 0.6) is 0 Å². The predicted octanol–water partition coefficient (Wildman–Crippen LogP) is 4.31. The van der Waals surface area contributed by atoms with Crippen LogP contribution in [0.25, 0.3) is 0 Å². The van der Waals surface area contributed by atoms with Crippen LogP contribution >= 0.6 is 0 Å². The molecule has 0 unspecified atom stereocenters. The molecule has 1 heterocycles. The van der Waals surface area contributed by atoms with Crippen LogP contribution in [0.2, 0.25) is 0 Å². The molecule has 0 spiro atoms. The zero-order valence-corrected chi connectivity index (χ0v) is 18.3. The normalized spacial score (nSPS) is 14.8. The number of rotatable bonds is 6. The van der Waals surface area contributed by atoms with Gasteiger partial charge in [-0.15, -0.1) is 0 Å². The van der Waals surface area contributed by atoms with Crippen LogP contribution < -0.4 is 5.32 Å². The van der Waals surface area contributed by atoms with E-state index in [1.54, 1.807) is 30.3 Å². The maximum Gasteiger partial charge on any atom is 0.335 e. The van der Waals surface area contributed by atoms with Gasteiger partial charge < -0.3 is 15.3 Å². The van der Waals surface area contributed by atoms with Crippen LogP contribution in [0.4, 0.5) is 10.1 Å². The highest BCUT2D eigenvalue weighted by molar-refractivity contribution is 5.95. The number of halogens is 1. The SMILES string of the molecule is O=C(O)c1cccc(NC(=NCc2ccccc2)N2CCN(Cc3cccc(F)c3)CC2)c1. The number of nitrogens with one attached hydrogen (secondary N) is 1. The van der Waals surface area contributed by atoms with Crippen molar-refractivity contribution in [1.82, 2.24) is 9.80 Å². The van der Waals surface area contributed by atoms with Gasteiger partial charge in [-0.25, -0.2) is 14.2 Å². The van der Waals surface area contributed by atoms with Crippen molar-refractivity contribution in [3.63, 3.8) is 0 Å². The van der Waals surface area contributed by atoms with Crippen LogP contribution in [-0.2, 0) is 13.1 Å². The zero-order chi connectivity index (χ0) is 23.0. The van der Waals surface area contributed by atoms with E-state index in [2.05, 4.69) is 15.1 Å². The summed E-state index contributed by atoms with van der Waals surface area (Å²) in [4.78, 5) is 20.7. The summed E-state index contributed by atoms with van der Waals surface area (Å²) in [6, 6.07) is 23.5. The first-order valence-electron chi connectivity index (χ1n) is 11.0. The van der Waals surface area contributed by atoms with E-state index >= 15 is 0 Å². The molecule has 1 aliphatic heterocycles. The molecule has 6 nitrogen and oxygen atoms in total. The molecule has 1 fully saturated rings. The molecule has 2 N–H and O–H groups in total. The maximum absolute atomic E-state index is 13.5. The molecular formula is C26H27FN4O2. The third-order valence-electron chi connectivity index (χ3n) is 5.59. The lowest BCUT2D eigenvalue weighted by Crippen LogP contribution is -2.50. The Bertz CT molecular complexity index is 1110. The van der Waals surface area contributed by atoms with Crippen molar-refractivity contribution in [3.8, 4) is 0 Å². The summed E-state index contributed by atoms with van der Waals surface area (Å²) < 4.78 is 13.5. The zero-order valence-electron chi connectivity index (χ0n) is 18.3. The first-order valence-corrected chi connectivity index (χ1v) is 11.0. The van der Waals surface area contributed by atoms with Gasteiger partial charge in [0.15, 0.2) is 5.96 Å². The van der Waals surface area contributed by atoms with Gasteiger partial charge in [-0.1, -0.05) is 48.5 Å². The first-order chi connectivity index (χ1) is 16.1. The highest BCUT2D eigenvalue weighted by Gasteiger charge is 2.20. The molecule has 1 aliphatic rings. The summed E-state index contributed by atoms with van der Waals surface area (Å²) in [6.07, 6.45) is 0. The maximum atomic E-state index is 13.5. The largest absolute Gasteiger partial charge is 0.478 e. The number of aromatic carboxylic acids is 1. The Kier molecular flexibility index (Phi) is 7.32. The number of carboxylic acids is 1. The third-order valence-corrected chi connectivity index (χ3v) is 5.59. The van der Waals surface area contributed by atoms with E-state index in [4.69, 9.17) is 4.99 Å². The molecule has 170 valence electrons. The molecule has 4 rings (SSSR count). The smallest absolute Gasteiger partial charge is 0.335 e. The number of benzene rings is 3. The van der Waals surface area contributed by atoms with Crippen LogP contribution in [0.15, 0.2) is 83.9 Å². The van der Waals surface area contributed by atoms with Crippen LogP contribution in [0.3, 0.4) is 0 Å². The Morgan fingerprint density at radius 3 is 2.36 bits per heavy atom. The quantitative estimate of drug-likeness (QED) is 0.436. The van der Waals surface area contributed by atoms with Crippen molar-refractivity contribution in [2.75, 3.05) is 31.5 Å². The van der Waals surface area contributed by atoms with Crippen molar-refractivity contribution < 1.29 is 14.3 Å². The minimum atomic E-state index is -0.965. The summed E-state index contributed by atoms with van der Waals surface area (Å²) >= 11 is 0. The molecule has 0 bridgehead atoms. The fraction of sp³-hybridized carbons (Fsp3) is 0.231. The van der Waals surface area contributed by atoms with E-state index < -0.39 is 5.97 Å². The molecule has 0 aliphatic carbocycles. The lowest BCUT2D eigenvalue weighted by molar-refractivity contribution is 0.0697. The second-order valence-corrected chi connectivity index (χ2v) is 8.03. The number of carbonyl (C=O) groups is 1. The van der Waals surface area contributed by atoms with E-state index in [0.29, 0.717) is 24.7 Å². The number of guanidine groups is 1. The van der Waals surface area contributed by atoms with Gasteiger partial charge in [-0.2, -0.15) is 0 Å². The summed E-state index contributed by atoms with van der Waals surface area (Å²) in [6.45, 7) is 4.38. The summed E-state index contributed by atoms with van der Waals surface area (Å²) in [5.74, 6) is -0.464. The highest BCUT2D eigenvalue weighted by Crippen LogP contribution is 2.15. The molecule has 7 heteroatoms. The van der Waals surface area contributed by atoms with Gasteiger partial charge in [0.2, 0.25) is 0 Å². The van der Waals surface area contributed by atoms with Crippen molar-refractivity contribution in [2.45, 2.75) is 13.1 Å². The molecular weight excluding hydrogens is 419 g/mol. The van der Waals surface area contributed by atoms with Crippen molar-refractivity contribution >= 4 is 17.6 Å². The second-order valence-electron chi connectivity index (χ2n) is 8.03. The molecule has 0 amide bonds. The Labute approximate surface area is 193 Å². The lowest BCUT2D eigenvalue weighted by Gasteiger charge is -2.36. The molecule has 0 atom stereocenters. The number of hydrogen-bond donors (Lipinski definition) is 2. The van der Waals surface area contributed by atoms with E-state index in [0.717, 1.165) is 37.3 Å². The van der Waals surface area contributed by atoms with Crippen molar-refractivity contribution in [1.29, 1.82) is 0 Å². The van der Waals surface area contributed by atoms with Gasteiger partial charge in [-0.3, -0.25) is 4.90 Å². The number of carboxylic acid groups (broad SMARTS) is 1. The number of piperazine rings is 1. The van der Waals surface area contributed by atoms with Gasteiger partial charge in [-0.05, 0) is 41.5 Å². The standard InChI is InChI=1S/C26H27FN4O2/c27-23-10-4-8-21(16-23)19-30-12-14-31(15-13-30)26(28-18-20-6-2-1-3-7-20)29-24-11-5-9-22(17-24)25(32)33/h1-11,16-17H,12-15,18-19H2,(H,28,29)(H,32,33). The van der Waals surface area contributed by atoms with E-state index in [1.165, 1.54) is 6.07 Å². The number of hydrogen-bond acceptors (Lipinski definition) is 3. The molecule has 3 aromatic carbocycles. The Balaban J connectivity index is 1.46. The van der Waals surface area contributed by atoms with Crippen LogP contribution in [0.1, 0.15) is 21.5 Å². The number of nitrogens with zero attached hydrogens (tertiary/aromatic N) is 3. The van der Waals surface area contributed by atoms with Crippen LogP contribution in [-0.4, -0.2) is 53.0 Å². The molecule has 1 saturated heterocycles. The second kappa shape index (κ2) is 10.7. The van der Waals surface area contributed by atoms with Gasteiger partial charge in [0.05, 0.1) is 12.1 Å². The number of aliphatic imine (C=N–C) groups is 1. The Hall–Kier alpha value is -3.71. The summed E-state index contributed by atoms with van der Waals surface area (Å²) in [7, 11) is 0. The minimum absolute atomic E-state index is 0.214. The van der Waals surface area contributed by atoms with Gasteiger partial charge >= 0.3 is 5.97 Å². The average Bonchev–Trinajstić information content (AvgIpc) is 2.83. The third kappa shape index (κ3) is 6.40. The van der Waals surface area contributed by atoms with Crippen molar-refractivity contribution in [3.05, 3.63) is 101 Å². The first kappa shape index (κ1) is 22.5. The van der Waals surface area contributed by atoms with Gasteiger partial charge in [0.1, 0.15) is 5.82 Å². The monoisotopic (exact) mass is 446 g/mol. The van der Waals surface area contributed by atoms with Gasteiger partial charge in [0.25, 0.3) is 0 Å². The molecule has 0 aromatic heterocycles. The predicted molar refractivity (Wildman–Crippen MR) is 128 cm³/mol. The number of anilines is 1. The fourth-order valence-electron chi connectivity index (χ4n) is 3.84. The molecule has 3 aromatic rings. The Morgan fingerprint density at radius 2 is 1.64 bits per heavy atom. The van der Waals surface area contributed by atoms with E-state index in [9.17, 15) is 14.3 Å². The van der Waals surface area contributed by atoms with Gasteiger partial charge in [0, 0.05) is 38.4 Å². The minimum Gasteiger partial charge on any atom is -0.478 e. The van der Waals surface area contributed by atoms with E-state index in [-0.39, 0.29) is 11.4 Å². The summed E-state index contributed by atoms with van der Waals surface area (Å²) in [5, 5.41) is 12.6.